The van der Waals surface area contributed by atoms with Crippen LogP contribution in [0.4, 0.5) is 0 Å². The molecule has 0 aromatic heterocycles. The molecular formula is C21H28O3. The van der Waals surface area contributed by atoms with Crippen molar-refractivity contribution in [3.05, 3.63) is 41.0 Å². The third kappa shape index (κ3) is 4.56. The molecule has 0 spiro atoms. The number of benzene rings is 1. The Morgan fingerprint density at radius 3 is 2.08 bits per heavy atom. The maximum Gasteiger partial charge on any atom is 0.234 e. The summed E-state index contributed by atoms with van der Waals surface area (Å²) >= 11 is 0. The molecule has 0 unspecified atom stereocenters. The molecule has 2 rings (SSSR count). The van der Waals surface area contributed by atoms with Crippen molar-refractivity contribution in [2.45, 2.75) is 65.7 Å². The number of carbonyl (C=O) groups is 2. The lowest BCUT2D eigenvalue weighted by molar-refractivity contribution is -0.112. The fraction of sp³-hybridized carbons (Fsp3) is 0.524. The van der Waals surface area contributed by atoms with Crippen LogP contribution in [0.5, 0.6) is 0 Å². The third-order valence-electron chi connectivity index (χ3n) is 4.55. The number of Topliss-reactive ketones (excluding diaryl/α,β-unsaturated/α-hetero) is 2. The summed E-state index contributed by atoms with van der Waals surface area (Å²) in [5, 5.41) is 10.3. The van der Waals surface area contributed by atoms with E-state index in [1.54, 1.807) is 24.3 Å². The number of allylic oxidation sites excluding steroid dienone is 1. The van der Waals surface area contributed by atoms with Gasteiger partial charge in [0.1, 0.15) is 5.76 Å². The maximum absolute atomic E-state index is 12.2. The summed E-state index contributed by atoms with van der Waals surface area (Å²) in [4.78, 5) is 24.4. The molecule has 3 heteroatoms. The molecule has 0 fully saturated rings. The van der Waals surface area contributed by atoms with Gasteiger partial charge in [-0.2, -0.15) is 0 Å². The Balaban J connectivity index is 1.86. The first-order valence-electron chi connectivity index (χ1n) is 8.92. The largest absolute Gasteiger partial charge is 0.507 e. The molecule has 0 radical (unpaired) electrons. The fourth-order valence-corrected chi connectivity index (χ4v) is 3.14. The predicted octanol–water partition coefficient (Wildman–Crippen LogP) is 5.50. The van der Waals surface area contributed by atoms with Crippen LogP contribution in [0.2, 0.25) is 0 Å². The molecule has 0 saturated heterocycles. The molecule has 1 aromatic carbocycles. The molecule has 0 atom stereocenters. The van der Waals surface area contributed by atoms with E-state index in [4.69, 9.17) is 0 Å². The molecule has 1 N–H and O–H groups in total. The lowest BCUT2D eigenvalue weighted by Gasteiger charge is -2.18. The summed E-state index contributed by atoms with van der Waals surface area (Å²) in [6.45, 7) is 6.77. The van der Waals surface area contributed by atoms with Gasteiger partial charge in [0.25, 0.3) is 0 Å². The van der Waals surface area contributed by atoms with Crippen LogP contribution in [0.3, 0.4) is 0 Å². The first-order chi connectivity index (χ1) is 11.3. The van der Waals surface area contributed by atoms with Crippen LogP contribution < -0.4 is 0 Å². The number of ketones is 2. The van der Waals surface area contributed by atoms with Crippen molar-refractivity contribution in [1.29, 1.82) is 0 Å². The lowest BCUT2D eigenvalue weighted by atomic mass is 9.86. The smallest absolute Gasteiger partial charge is 0.234 e. The maximum atomic E-state index is 12.2. The highest BCUT2D eigenvalue weighted by Crippen LogP contribution is 2.30. The van der Waals surface area contributed by atoms with Crippen LogP contribution in [0.1, 0.15) is 81.6 Å². The molecule has 0 amide bonds. The van der Waals surface area contributed by atoms with Gasteiger partial charge in [0, 0.05) is 16.7 Å². The van der Waals surface area contributed by atoms with Crippen molar-refractivity contribution in [3.8, 4) is 0 Å². The summed E-state index contributed by atoms with van der Waals surface area (Å²) in [5.74, 6) is -1.05. The Kier molecular flexibility index (Phi) is 5.98. The zero-order valence-electron chi connectivity index (χ0n) is 15.0. The topological polar surface area (TPSA) is 54.4 Å². The zero-order valence-corrected chi connectivity index (χ0v) is 15.0. The van der Waals surface area contributed by atoms with E-state index >= 15 is 0 Å². The highest BCUT2D eigenvalue weighted by Gasteiger charge is 2.31. The quantitative estimate of drug-likeness (QED) is 0.531. The number of rotatable bonds is 7. The molecular weight excluding hydrogens is 300 g/mol. The Hall–Kier alpha value is -1.90. The van der Waals surface area contributed by atoms with Crippen molar-refractivity contribution in [3.63, 3.8) is 0 Å². The number of hydrogen-bond acceptors (Lipinski definition) is 3. The van der Waals surface area contributed by atoms with E-state index in [0.29, 0.717) is 23.0 Å². The second kappa shape index (κ2) is 7.78. The number of aliphatic hydroxyl groups is 1. The minimum Gasteiger partial charge on any atom is -0.507 e. The Bertz CT molecular complexity index is 647. The summed E-state index contributed by atoms with van der Waals surface area (Å²) in [6, 6.07) is 6.77. The lowest BCUT2D eigenvalue weighted by Crippen LogP contribution is -2.24. The van der Waals surface area contributed by atoms with Gasteiger partial charge in [-0.05, 0) is 24.7 Å². The van der Waals surface area contributed by atoms with Crippen LogP contribution in [0, 0.1) is 5.41 Å². The number of carbonyl (C=O) groups excluding carboxylic acids is 2. The first-order valence-corrected chi connectivity index (χ1v) is 8.92. The molecule has 0 heterocycles. The van der Waals surface area contributed by atoms with Gasteiger partial charge in [-0.3, -0.25) is 9.59 Å². The first kappa shape index (κ1) is 18.4. The van der Waals surface area contributed by atoms with Gasteiger partial charge in [0.05, 0.1) is 0 Å². The van der Waals surface area contributed by atoms with Crippen LogP contribution in [-0.4, -0.2) is 16.7 Å². The summed E-state index contributed by atoms with van der Waals surface area (Å²) in [5.41, 5.74) is 1.47. The molecule has 24 heavy (non-hydrogen) atoms. The van der Waals surface area contributed by atoms with Gasteiger partial charge < -0.3 is 5.11 Å². The number of fused-ring (bicyclic) bond motifs is 1. The van der Waals surface area contributed by atoms with Gasteiger partial charge in [0.2, 0.25) is 11.6 Å². The number of unbranched alkanes of at least 4 members (excludes halogenated alkanes) is 4. The Morgan fingerprint density at radius 1 is 0.833 bits per heavy atom. The second-order valence-electron chi connectivity index (χ2n) is 7.86. The van der Waals surface area contributed by atoms with Gasteiger partial charge >= 0.3 is 0 Å². The predicted molar refractivity (Wildman–Crippen MR) is 97.1 cm³/mol. The van der Waals surface area contributed by atoms with Crippen LogP contribution in [-0.2, 0) is 4.79 Å². The molecule has 1 aromatic rings. The average molecular weight is 328 g/mol. The highest BCUT2D eigenvalue weighted by atomic mass is 16.3. The van der Waals surface area contributed by atoms with Crippen LogP contribution >= 0.6 is 0 Å². The third-order valence-corrected chi connectivity index (χ3v) is 4.55. The molecule has 3 nitrogen and oxygen atoms in total. The van der Waals surface area contributed by atoms with Crippen molar-refractivity contribution < 1.29 is 14.7 Å². The standard InChI is InChI=1S/C21H28O3/c1-21(2,3)14-10-6-4-5-7-13-17-18(22)15-11-8-9-12-16(15)19(23)20(17)24/h8-9,11-12,22H,4-7,10,13-14H2,1-3H3. The molecule has 1 aliphatic carbocycles. The number of aliphatic hydroxyl groups excluding tert-OH is 1. The molecule has 0 bridgehead atoms. The van der Waals surface area contributed by atoms with Gasteiger partial charge in [-0.25, -0.2) is 0 Å². The molecule has 130 valence electrons. The monoisotopic (exact) mass is 328 g/mol. The zero-order chi connectivity index (χ0) is 17.7. The van der Waals surface area contributed by atoms with Gasteiger partial charge in [0.15, 0.2) is 0 Å². The van der Waals surface area contributed by atoms with E-state index in [-0.39, 0.29) is 11.3 Å². The Labute approximate surface area is 144 Å². The van der Waals surface area contributed by atoms with E-state index in [2.05, 4.69) is 20.8 Å². The van der Waals surface area contributed by atoms with E-state index in [0.717, 1.165) is 19.3 Å². The van der Waals surface area contributed by atoms with E-state index < -0.39 is 11.6 Å². The van der Waals surface area contributed by atoms with E-state index in [1.165, 1.54) is 19.3 Å². The fourth-order valence-electron chi connectivity index (χ4n) is 3.14. The minimum atomic E-state index is -0.543. The van der Waals surface area contributed by atoms with Gasteiger partial charge in [-0.1, -0.05) is 70.7 Å². The van der Waals surface area contributed by atoms with E-state index in [9.17, 15) is 14.7 Å². The average Bonchev–Trinajstić information content (AvgIpc) is 2.53. The van der Waals surface area contributed by atoms with Gasteiger partial charge in [-0.15, -0.1) is 0 Å². The second-order valence-corrected chi connectivity index (χ2v) is 7.86. The molecule has 1 aliphatic rings. The van der Waals surface area contributed by atoms with Crippen molar-refractivity contribution in [2.75, 3.05) is 0 Å². The highest BCUT2D eigenvalue weighted by molar-refractivity contribution is 6.52. The van der Waals surface area contributed by atoms with Crippen molar-refractivity contribution >= 4 is 17.3 Å². The SMILES string of the molecule is CC(C)(C)CCCCCCCC1=C(O)c2ccccc2C(=O)C1=O. The van der Waals surface area contributed by atoms with E-state index in [1.807, 2.05) is 0 Å². The summed E-state index contributed by atoms with van der Waals surface area (Å²) in [6.07, 6.45) is 7.09. The van der Waals surface area contributed by atoms with Crippen LogP contribution in [0.15, 0.2) is 29.8 Å². The van der Waals surface area contributed by atoms with Crippen molar-refractivity contribution in [1.82, 2.24) is 0 Å². The summed E-state index contributed by atoms with van der Waals surface area (Å²) in [7, 11) is 0. The minimum absolute atomic E-state index is 0.0112. The Morgan fingerprint density at radius 2 is 1.42 bits per heavy atom. The molecule has 0 saturated carbocycles. The molecule has 0 aliphatic heterocycles. The van der Waals surface area contributed by atoms with Crippen LogP contribution in [0.25, 0.3) is 5.76 Å². The number of hydrogen-bond donors (Lipinski definition) is 1. The normalized spacial score (nSPS) is 15.0. The van der Waals surface area contributed by atoms with Crippen molar-refractivity contribution in [2.24, 2.45) is 5.41 Å². The summed E-state index contributed by atoms with van der Waals surface area (Å²) < 4.78 is 0.